The smallest absolute Gasteiger partial charge is 0.238 e. The lowest BCUT2D eigenvalue weighted by Gasteiger charge is -2.37. The number of aliphatic hydroxyl groups excluding tert-OH is 1. The van der Waals surface area contributed by atoms with E-state index >= 15 is 0 Å². The van der Waals surface area contributed by atoms with E-state index in [0.29, 0.717) is 10.8 Å². The van der Waals surface area contributed by atoms with Crippen LogP contribution in [0.5, 0.6) is 5.75 Å². The Labute approximate surface area is 203 Å². The third kappa shape index (κ3) is 2.92. The summed E-state index contributed by atoms with van der Waals surface area (Å²) in [5.41, 5.74) is 5.75. The van der Waals surface area contributed by atoms with Crippen molar-refractivity contribution in [2.75, 3.05) is 31.1 Å². The quantitative estimate of drug-likeness (QED) is 0.491. The van der Waals surface area contributed by atoms with Gasteiger partial charge in [-0.05, 0) is 67.5 Å². The van der Waals surface area contributed by atoms with Crippen molar-refractivity contribution in [1.29, 1.82) is 0 Å². The van der Waals surface area contributed by atoms with Gasteiger partial charge in [0.2, 0.25) is 16.9 Å². The summed E-state index contributed by atoms with van der Waals surface area (Å²) in [7, 11) is 0. The second-order valence-corrected chi connectivity index (χ2v) is 10.5. The predicted molar refractivity (Wildman–Crippen MR) is 133 cm³/mol. The van der Waals surface area contributed by atoms with E-state index < -0.39 is 11.6 Å². The summed E-state index contributed by atoms with van der Waals surface area (Å²) >= 11 is 0. The standard InChI is InChI=1S/C29H28N2O4/c32-26-20-8-4-12-31-11-3-7-18(25(20)31)15-21(26)23-27(33)22(28(34)29(23)35)19-13-16-5-1-9-30-10-2-6-17(14-19)24(16)30/h13-15H,1-12H2,(H,33,34)/p+1. The minimum Gasteiger partial charge on any atom is -0.507 e. The van der Waals surface area contributed by atoms with Crippen LogP contribution in [0, 0.1) is 0 Å². The Morgan fingerprint density at radius 2 is 1.37 bits per heavy atom. The highest BCUT2D eigenvalue weighted by Crippen LogP contribution is 2.46. The number of aryl methyl sites for hydroxylation is 3. The van der Waals surface area contributed by atoms with Gasteiger partial charge in [-0.15, -0.1) is 0 Å². The number of phenolic OH excluding ortho intramolecular Hbond substituents is 1. The zero-order valence-electron chi connectivity index (χ0n) is 19.8. The first kappa shape index (κ1) is 20.9. The van der Waals surface area contributed by atoms with Gasteiger partial charge in [0.1, 0.15) is 24.6 Å². The molecule has 0 unspecified atom stereocenters. The molecule has 0 saturated heterocycles. The van der Waals surface area contributed by atoms with E-state index in [2.05, 4.69) is 9.48 Å². The second kappa shape index (κ2) is 7.54. The van der Waals surface area contributed by atoms with Gasteiger partial charge in [0, 0.05) is 53.9 Å². The normalized spacial score (nSPS) is 21.0. The third-order valence-electron chi connectivity index (χ3n) is 8.52. The number of aliphatic hydroxyl groups is 1. The highest BCUT2D eigenvalue weighted by molar-refractivity contribution is 6.70. The first-order chi connectivity index (χ1) is 17.0. The first-order valence-corrected chi connectivity index (χ1v) is 13.0. The fourth-order valence-corrected chi connectivity index (χ4v) is 7.07. The monoisotopic (exact) mass is 469 g/mol. The van der Waals surface area contributed by atoms with Crippen LogP contribution in [0.1, 0.15) is 53.5 Å². The van der Waals surface area contributed by atoms with E-state index in [0.717, 1.165) is 94.4 Å². The van der Waals surface area contributed by atoms with Gasteiger partial charge in [0.05, 0.1) is 11.1 Å². The molecule has 35 heavy (non-hydrogen) atoms. The van der Waals surface area contributed by atoms with E-state index in [4.69, 9.17) is 0 Å². The molecule has 2 N–H and O–H groups in total. The summed E-state index contributed by atoms with van der Waals surface area (Å²) in [6, 6.07) is 5.81. The number of carbonyl (C=O) groups excluding carboxylic acids is 2. The number of hydrogen-bond acceptors (Lipinski definition) is 5. The van der Waals surface area contributed by atoms with E-state index in [1.165, 1.54) is 16.5 Å². The van der Waals surface area contributed by atoms with E-state index in [-0.39, 0.29) is 22.7 Å². The zero-order chi connectivity index (χ0) is 23.8. The molecule has 5 aliphatic rings. The van der Waals surface area contributed by atoms with Crippen LogP contribution in [0.25, 0.3) is 11.1 Å². The molecular weight excluding hydrogens is 440 g/mol. The van der Waals surface area contributed by atoms with Gasteiger partial charge < -0.3 is 15.1 Å². The fourth-order valence-electron chi connectivity index (χ4n) is 7.07. The van der Waals surface area contributed by atoms with Crippen molar-refractivity contribution in [3.8, 4) is 5.75 Å². The van der Waals surface area contributed by atoms with Crippen molar-refractivity contribution in [2.24, 2.45) is 0 Å². The van der Waals surface area contributed by atoms with Gasteiger partial charge in [-0.2, -0.15) is 0 Å². The SMILES string of the molecule is O=C1C(=O)C(=c2cc3c4c(c2)CCC[N+]=4CCC3)C(O)=C1c1cc2c3c(c1O)CCCN3CCC2. The Hall–Kier alpha value is -3.41. The van der Waals surface area contributed by atoms with Crippen molar-refractivity contribution < 1.29 is 19.8 Å². The number of carbonyl (C=O) groups is 2. The maximum atomic E-state index is 13.3. The molecule has 2 aromatic carbocycles. The summed E-state index contributed by atoms with van der Waals surface area (Å²) in [6.45, 7) is 4.06. The Kier molecular flexibility index (Phi) is 4.51. The zero-order valence-corrected chi connectivity index (χ0v) is 19.8. The van der Waals surface area contributed by atoms with Crippen molar-refractivity contribution in [1.82, 2.24) is 4.58 Å². The molecule has 7 rings (SSSR count). The number of nitrogens with zero attached hydrogens (tertiary/aromatic N) is 2. The summed E-state index contributed by atoms with van der Waals surface area (Å²) < 4.78 is 2.43. The molecular formula is C29H29N2O4+. The number of Topliss-reactive ketones (excluding diaryl/α,β-unsaturated/α-hetero) is 2. The molecule has 178 valence electrons. The number of hydrogen-bond donors (Lipinski definition) is 2. The number of allylic oxidation sites excluding steroid dienone is 2. The van der Waals surface area contributed by atoms with E-state index in [1.54, 1.807) is 0 Å². The van der Waals surface area contributed by atoms with Crippen LogP contribution in [-0.2, 0) is 35.3 Å². The van der Waals surface area contributed by atoms with Gasteiger partial charge in [-0.1, -0.05) is 0 Å². The highest BCUT2D eigenvalue weighted by atomic mass is 16.3. The molecule has 4 aliphatic heterocycles. The van der Waals surface area contributed by atoms with Crippen LogP contribution < -0.4 is 20.1 Å². The number of ketones is 2. The molecule has 0 fully saturated rings. The van der Waals surface area contributed by atoms with Gasteiger partial charge in [-0.25, -0.2) is 4.58 Å². The average molecular weight is 470 g/mol. The maximum Gasteiger partial charge on any atom is 0.238 e. The van der Waals surface area contributed by atoms with Crippen molar-refractivity contribution in [3.63, 3.8) is 0 Å². The molecule has 0 spiro atoms. The summed E-state index contributed by atoms with van der Waals surface area (Å²) in [5.74, 6) is -1.66. The third-order valence-corrected chi connectivity index (χ3v) is 8.52. The molecule has 2 aromatic rings. The van der Waals surface area contributed by atoms with Crippen LogP contribution in [0.2, 0.25) is 0 Å². The highest BCUT2D eigenvalue weighted by Gasteiger charge is 2.40. The number of rotatable bonds is 1. The predicted octanol–water partition coefficient (Wildman–Crippen LogP) is 1.75. The first-order valence-electron chi connectivity index (χ1n) is 13.0. The maximum absolute atomic E-state index is 13.3. The van der Waals surface area contributed by atoms with Crippen LogP contribution in [0.15, 0.2) is 24.0 Å². The van der Waals surface area contributed by atoms with Gasteiger partial charge >= 0.3 is 0 Å². The van der Waals surface area contributed by atoms with Gasteiger partial charge in [-0.3, -0.25) is 9.59 Å². The Morgan fingerprint density at radius 3 is 2.09 bits per heavy atom. The molecule has 1 aliphatic carbocycles. The largest absolute Gasteiger partial charge is 0.507 e. The molecule has 0 aromatic heterocycles. The molecule has 6 heteroatoms. The lowest BCUT2D eigenvalue weighted by atomic mass is 9.87. The van der Waals surface area contributed by atoms with Crippen LogP contribution in [0.4, 0.5) is 5.69 Å². The molecule has 6 nitrogen and oxygen atoms in total. The summed E-state index contributed by atoms with van der Waals surface area (Å²) in [4.78, 5) is 28.9. The van der Waals surface area contributed by atoms with Crippen molar-refractivity contribution >= 4 is 28.4 Å². The minimum atomic E-state index is -0.726. The lowest BCUT2D eigenvalue weighted by Crippen LogP contribution is -2.44. The van der Waals surface area contributed by atoms with Crippen LogP contribution in [0.3, 0.4) is 0 Å². The molecule has 0 saturated carbocycles. The molecule has 4 heterocycles. The van der Waals surface area contributed by atoms with Gasteiger partial charge in [0.25, 0.3) is 0 Å². The topological polar surface area (TPSA) is 80.8 Å². The second-order valence-electron chi connectivity index (χ2n) is 10.5. The number of anilines is 1. The average Bonchev–Trinajstić information content (AvgIpc) is 3.09. The van der Waals surface area contributed by atoms with E-state index in [1.807, 2.05) is 18.2 Å². The Bertz CT molecular complexity index is 1470. The van der Waals surface area contributed by atoms with Crippen molar-refractivity contribution in [3.05, 3.63) is 62.4 Å². The molecule has 0 bridgehead atoms. The fraction of sp³-hybridized carbons (Fsp3) is 0.414. The lowest BCUT2D eigenvalue weighted by molar-refractivity contribution is -0.129. The number of benzene rings is 2. The summed E-state index contributed by atoms with van der Waals surface area (Å²) in [6.07, 6.45) is 7.55. The molecule has 0 atom stereocenters. The van der Waals surface area contributed by atoms with Crippen LogP contribution >= 0.6 is 0 Å². The number of aromatic hydroxyl groups is 1. The number of phenols is 1. The van der Waals surface area contributed by atoms with Crippen LogP contribution in [-0.4, -0.2) is 48.0 Å². The molecule has 0 amide bonds. The minimum absolute atomic E-state index is 0.0375. The molecule has 0 radical (unpaired) electrons. The van der Waals surface area contributed by atoms with Crippen molar-refractivity contribution in [2.45, 2.75) is 51.4 Å². The Balaban J connectivity index is 1.47. The Morgan fingerprint density at radius 1 is 0.743 bits per heavy atom. The van der Waals surface area contributed by atoms with E-state index in [9.17, 15) is 19.8 Å². The summed E-state index contributed by atoms with van der Waals surface area (Å²) in [5, 5.41) is 24.5. The van der Waals surface area contributed by atoms with Gasteiger partial charge in [0.15, 0.2) is 0 Å².